The minimum Gasteiger partial charge on any atom is -0.329 e. The summed E-state index contributed by atoms with van der Waals surface area (Å²) in [6.45, 7) is 3.90. The van der Waals surface area contributed by atoms with Crippen molar-refractivity contribution < 1.29 is 0 Å². The first-order valence-electron chi connectivity index (χ1n) is 6.15. The number of nitrogens with two attached hydrogens (primary N) is 1. The molecular weight excluding hydrogens is 212 g/mol. The van der Waals surface area contributed by atoms with E-state index in [0.717, 1.165) is 32.6 Å². The summed E-state index contributed by atoms with van der Waals surface area (Å²) in [7, 11) is 4.26. The fourth-order valence-corrected chi connectivity index (χ4v) is 2.54. The van der Waals surface area contributed by atoms with Gasteiger partial charge in [-0.05, 0) is 38.2 Å². The van der Waals surface area contributed by atoms with Crippen LogP contribution in [-0.4, -0.2) is 54.1 Å². The lowest BCUT2D eigenvalue weighted by atomic mass is 9.97. The van der Waals surface area contributed by atoms with Crippen molar-refractivity contribution in [3.8, 4) is 0 Å². The van der Waals surface area contributed by atoms with Crippen LogP contribution in [0.2, 0.25) is 0 Å². The Bertz CT molecular complexity index is 352. The molecule has 0 aliphatic carbocycles. The maximum atomic E-state index is 5.95. The first kappa shape index (κ1) is 12.5. The number of rotatable bonds is 4. The van der Waals surface area contributed by atoms with E-state index in [9.17, 15) is 0 Å². The van der Waals surface area contributed by atoms with E-state index in [0.29, 0.717) is 0 Å². The van der Waals surface area contributed by atoms with E-state index in [1.54, 1.807) is 0 Å². The Balaban J connectivity index is 1.98. The second-order valence-electron chi connectivity index (χ2n) is 5.14. The zero-order valence-corrected chi connectivity index (χ0v) is 10.8. The summed E-state index contributed by atoms with van der Waals surface area (Å²) < 4.78 is 0. The van der Waals surface area contributed by atoms with Gasteiger partial charge in [-0.25, -0.2) is 0 Å². The molecule has 0 saturated carbocycles. The molecule has 1 atom stereocenters. The van der Waals surface area contributed by atoms with Crippen LogP contribution < -0.4 is 5.73 Å². The quantitative estimate of drug-likeness (QED) is 0.826. The highest BCUT2D eigenvalue weighted by atomic mass is 15.3. The molecule has 2 heterocycles. The molecule has 0 bridgehead atoms. The molecule has 0 spiro atoms. The third kappa shape index (κ3) is 2.65. The molecule has 1 aromatic rings. The van der Waals surface area contributed by atoms with Crippen molar-refractivity contribution in [2.75, 3.05) is 33.7 Å². The molecule has 94 valence electrons. The topological polar surface area (TPSA) is 45.4 Å². The van der Waals surface area contributed by atoms with Gasteiger partial charge in [-0.15, -0.1) is 0 Å². The maximum absolute atomic E-state index is 5.95. The molecule has 0 aromatic carbocycles. The minimum atomic E-state index is 0.160. The summed E-state index contributed by atoms with van der Waals surface area (Å²) in [5.74, 6) is 0. The Kier molecular flexibility index (Phi) is 3.76. The fraction of sp³-hybridized carbons (Fsp3) is 0.615. The Labute approximate surface area is 103 Å². The van der Waals surface area contributed by atoms with Gasteiger partial charge in [0.2, 0.25) is 0 Å². The number of aromatic nitrogens is 1. The van der Waals surface area contributed by atoms with Gasteiger partial charge in [-0.1, -0.05) is 0 Å². The third-order valence-corrected chi connectivity index (χ3v) is 3.90. The van der Waals surface area contributed by atoms with Gasteiger partial charge in [0.25, 0.3) is 0 Å². The molecule has 1 unspecified atom stereocenters. The number of hydrogen-bond acceptors (Lipinski definition) is 4. The SMILES string of the molecule is CN(C)C1(CN)CCN(Cc2ccncc2)C1. The van der Waals surface area contributed by atoms with Gasteiger partial charge in [0.05, 0.1) is 0 Å². The van der Waals surface area contributed by atoms with Crippen molar-refractivity contribution in [2.45, 2.75) is 18.5 Å². The van der Waals surface area contributed by atoms with Gasteiger partial charge in [-0.3, -0.25) is 9.88 Å². The van der Waals surface area contributed by atoms with Crippen molar-refractivity contribution >= 4 is 0 Å². The van der Waals surface area contributed by atoms with Gasteiger partial charge in [0.1, 0.15) is 0 Å². The molecule has 1 aliphatic heterocycles. The summed E-state index contributed by atoms with van der Waals surface area (Å²) in [4.78, 5) is 8.80. The molecule has 4 nitrogen and oxygen atoms in total. The average molecular weight is 234 g/mol. The predicted molar refractivity (Wildman–Crippen MR) is 69.6 cm³/mol. The number of likely N-dealkylation sites (tertiary alicyclic amines) is 1. The minimum absolute atomic E-state index is 0.160. The number of pyridine rings is 1. The predicted octanol–water partition coefficient (Wildman–Crippen LogP) is 0.546. The zero-order chi connectivity index (χ0) is 12.3. The summed E-state index contributed by atoms with van der Waals surface area (Å²) in [5.41, 5.74) is 7.43. The van der Waals surface area contributed by atoms with Gasteiger partial charge >= 0.3 is 0 Å². The fourth-order valence-electron chi connectivity index (χ4n) is 2.54. The lowest BCUT2D eigenvalue weighted by Gasteiger charge is -2.35. The second-order valence-corrected chi connectivity index (χ2v) is 5.14. The Morgan fingerprint density at radius 3 is 2.65 bits per heavy atom. The Hall–Kier alpha value is -0.970. The molecule has 0 radical (unpaired) electrons. The van der Waals surface area contributed by atoms with Gasteiger partial charge in [-0.2, -0.15) is 0 Å². The van der Waals surface area contributed by atoms with Crippen LogP contribution in [0.1, 0.15) is 12.0 Å². The molecule has 1 saturated heterocycles. The normalized spacial score (nSPS) is 25.6. The molecule has 2 N–H and O–H groups in total. The first-order valence-corrected chi connectivity index (χ1v) is 6.15. The van der Waals surface area contributed by atoms with Crippen LogP contribution in [-0.2, 0) is 6.54 Å². The highest BCUT2D eigenvalue weighted by molar-refractivity contribution is 5.10. The standard InChI is InChI=1S/C13H22N4/c1-16(2)13(10-14)5-8-17(11-13)9-12-3-6-15-7-4-12/h3-4,6-7H,5,8-11,14H2,1-2H3. The van der Waals surface area contributed by atoms with Gasteiger partial charge < -0.3 is 10.6 Å². The van der Waals surface area contributed by atoms with Crippen molar-refractivity contribution in [1.82, 2.24) is 14.8 Å². The molecule has 1 aliphatic rings. The third-order valence-electron chi connectivity index (χ3n) is 3.90. The van der Waals surface area contributed by atoms with Crippen LogP contribution in [0.5, 0.6) is 0 Å². The molecule has 4 heteroatoms. The molecule has 17 heavy (non-hydrogen) atoms. The summed E-state index contributed by atoms with van der Waals surface area (Å²) >= 11 is 0. The zero-order valence-electron chi connectivity index (χ0n) is 10.8. The van der Waals surface area contributed by atoms with E-state index in [4.69, 9.17) is 5.73 Å². The van der Waals surface area contributed by atoms with Crippen LogP contribution >= 0.6 is 0 Å². The van der Waals surface area contributed by atoms with E-state index in [2.05, 4.69) is 41.0 Å². The van der Waals surface area contributed by atoms with E-state index in [-0.39, 0.29) is 5.54 Å². The second kappa shape index (κ2) is 5.12. The highest BCUT2D eigenvalue weighted by Crippen LogP contribution is 2.26. The summed E-state index contributed by atoms with van der Waals surface area (Å²) in [6.07, 6.45) is 4.86. The van der Waals surface area contributed by atoms with Crippen LogP contribution in [0.25, 0.3) is 0 Å². The smallest absolute Gasteiger partial charge is 0.0464 e. The average Bonchev–Trinajstić information content (AvgIpc) is 2.75. The van der Waals surface area contributed by atoms with E-state index in [1.807, 2.05) is 12.4 Å². The van der Waals surface area contributed by atoms with Crippen LogP contribution in [0.15, 0.2) is 24.5 Å². The van der Waals surface area contributed by atoms with Gasteiger partial charge in [0, 0.05) is 44.1 Å². The first-order chi connectivity index (χ1) is 8.16. The lowest BCUT2D eigenvalue weighted by molar-refractivity contribution is 0.159. The molecule has 1 fully saturated rings. The monoisotopic (exact) mass is 234 g/mol. The Morgan fingerprint density at radius 2 is 2.12 bits per heavy atom. The van der Waals surface area contributed by atoms with Crippen molar-refractivity contribution in [3.05, 3.63) is 30.1 Å². The number of hydrogen-bond donors (Lipinski definition) is 1. The maximum Gasteiger partial charge on any atom is 0.0464 e. The van der Waals surface area contributed by atoms with Crippen molar-refractivity contribution in [1.29, 1.82) is 0 Å². The Morgan fingerprint density at radius 1 is 1.41 bits per heavy atom. The van der Waals surface area contributed by atoms with Crippen LogP contribution in [0.4, 0.5) is 0 Å². The van der Waals surface area contributed by atoms with Crippen molar-refractivity contribution in [3.63, 3.8) is 0 Å². The molecule has 2 rings (SSSR count). The lowest BCUT2D eigenvalue weighted by Crippen LogP contribution is -2.52. The largest absolute Gasteiger partial charge is 0.329 e. The van der Waals surface area contributed by atoms with E-state index < -0.39 is 0 Å². The van der Waals surface area contributed by atoms with E-state index in [1.165, 1.54) is 5.56 Å². The number of likely N-dealkylation sites (N-methyl/N-ethyl adjacent to an activating group) is 1. The highest BCUT2D eigenvalue weighted by Gasteiger charge is 2.38. The summed E-state index contributed by atoms with van der Waals surface area (Å²) in [5, 5.41) is 0. The van der Waals surface area contributed by atoms with Crippen LogP contribution in [0.3, 0.4) is 0 Å². The van der Waals surface area contributed by atoms with E-state index >= 15 is 0 Å². The molecular formula is C13H22N4. The number of nitrogens with zero attached hydrogens (tertiary/aromatic N) is 3. The van der Waals surface area contributed by atoms with Crippen LogP contribution in [0, 0.1) is 0 Å². The van der Waals surface area contributed by atoms with Crippen molar-refractivity contribution in [2.24, 2.45) is 5.73 Å². The molecule has 0 amide bonds. The van der Waals surface area contributed by atoms with Gasteiger partial charge in [0.15, 0.2) is 0 Å². The molecule has 1 aromatic heterocycles. The summed E-state index contributed by atoms with van der Waals surface area (Å²) in [6, 6.07) is 4.16.